The number of thioether (sulfide) groups is 1. The molecule has 0 radical (unpaired) electrons. The van der Waals surface area contributed by atoms with Gasteiger partial charge in [0.2, 0.25) is 11.8 Å². The number of nitrogens with one attached hydrogen (secondary N) is 1. The Bertz CT molecular complexity index is 912. The van der Waals surface area contributed by atoms with Crippen molar-refractivity contribution in [2.45, 2.75) is 64.7 Å². The number of hydrogen-bond acceptors (Lipinski definition) is 3. The van der Waals surface area contributed by atoms with Crippen LogP contribution in [0.2, 0.25) is 0 Å². The van der Waals surface area contributed by atoms with Gasteiger partial charge in [0.05, 0.1) is 5.75 Å². The molecule has 2 atom stereocenters. The maximum absolute atomic E-state index is 13.0. The average Bonchev–Trinajstić information content (AvgIpc) is 3.15. The Kier molecular flexibility index (Phi) is 8.19. The number of hydrogen-bond donors (Lipinski definition) is 1. The van der Waals surface area contributed by atoms with Gasteiger partial charge in [0, 0.05) is 22.9 Å². The molecule has 0 spiro atoms. The summed E-state index contributed by atoms with van der Waals surface area (Å²) in [6.07, 6.45) is 3.88. The van der Waals surface area contributed by atoms with E-state index in [0.717, 1.165) is 48.2 Å². The molecule has 4 nitrogen and oxygen atoms in total. The van der Waals surface area contributed by atoms with E-state index in [0.29, 0.717) is 11.7 Å². The van der Waals surface area contributed by atoms with Crippen molar-refractivity contribution in [2.24, 2.45) is 5.92 Å². The van der Waals surface area contributed by atoms with Crippen LogP contribution < -0.4 is 10.2 Å². The summed E-state index contributed by atoms with van der Waals surface area (Å²) >= 11 is 1.62. The summed E-state index contributed by atoms with van der Waals surface area (Å²) in [5, 5.41) is 3.03. The Morgan fingerprint density at radius 1 is 1.13 bits per heavy atom. The summed E-state index contributed by atoms with van der Waals surface area (Å²) < 4.78 is 0. The van der Waals surface area contributed by atoms with Gasteiger partial charge in [-0.3, -0.25) is 14.5 Å². The average molecular weight is 439 g/mol. The lowest BCUT2D eigenvalue weighted by atomic mass is 9.98. The van der Waals surface area contributed by atoms with E-state index in [2.05, 4.69) is 39.1 Å². The van der Waals surface area contributed by atoms with Crippen LogP contribution in [0.5, 0.6) is 0 Å². The van der Waals surface area contributed by atoms with Gasteiger partial charge in [-0.15, -0.1) is 11.8 Å². The topological polar surface area (TPSA) is 49.4 Å². The molecule has 1 aliphatic rings. The number of anilines is 2. The molecular formula is C26H34N2O2S. The number of para-hydroxylation sites is 2. The lowest BCUT2D eigenvalue weighted by molar-refractivity contribution is -0.120. The third-order valence-electron chi connectivity index (χ3n) is 5.94. The molecule has 0 aromatic heterocycles. The van der Waals surface area contributed by atoms with Crippen molar-refractivity contribution in [3.8, 4) is 0 Å². The van der Waals surface area contributed by atoms with Crippen molar-refractivity contribution in [2.75, 3.05) is 16.0 Å². The minimum atomic E-state index is -0.153. The van der Waals surface area contributed by atoms with Gasteiger partial charge in [-0.05, 0) is 36.5 Å². The van der Waals surface area contributed by atoms with Gasteiger partial charge in [0.15, 0.2) is 0 Å². The quantitative estimate of drug-likeness (QED) is 0.471. The zero-order valence-corrected chi connectivity index (χ0v) is 19.9. The second-order valence-electron chi connectivity index (χ2n) is 8.46. The van der Waals surface area contributed by atoms with Gasteiger partial charge in [-0.25, -0.2) is 0 Å². The fraction of sp³-hybridized carbons (Fsp3) is 0.462. The first-order valence-corrected chi connectivity index (χ1v) is 12.4. The van der Waals surface area contributed by atoms with E-state index in [-0.39, 0.29) is 23.1 Å². The summed E-state index contributed by atoms with van der Waals surface area (Å²) in [4.78, 5) is 27.9. The molecule has 2 aromatic rings. The number of unbranched alkanes of at least 4 members (excludes halogenated alkanes) is 1. The highest BCUT2D eigenvalue weighted by Crippen LogP contribution is 2.46. The smallest absolute Gasteiger partial charge is 0.238 e. The molecule has 1 saturated heterocycles. The van der Waals surface area contributed by atoms with Crippen LogP contribution >= 0.6 is 11.8 Å². The lowest BCUT2D eigenvalue weighted by Crippen LogP contribution is -2.30. The van der Waals surface area contributed by atoms with Crippen LogP contribution in [0.4, 0.5) is 11.4 Å². The molecule has 31 heavy (non-hydrogen) atoms. The van der Waals surface area contributed by atoms with Gasteiger partial charge in [-0.2, -0.15) is 0 Å². The standard InChI is InChI=1S/C26H34N2O2S/c1-5-7-12-19(6-2)25(30)27-22-15-10-8-14-21(22)26-28(24(29)17-31-26)23-16-11-9-13-20(23)18(3)4/h8-11,13-16,18-19,26H,5-7,12,17H2,1-4H3,(H,27,30). The van der Waals surface area contributed by atoms with Gasteiger partial charge < -0.3 is 5.32 Å². The summed E-state index contributed by atoms with van der Waals surface area (Å²) in [6, 6.07) is 16.1. The summed E-state index contributed by atoms with van der Waals surface area (Å²) in [5.41, 5.74) is 3.92. The fourth-order valence-corrected chi connectivity index (χ4v) is 5.35. The molecule has 2 unspecified atom stereocenters. The molecule has 1 heterocycles. The molecule has 0 aliphatic carbocycles. The molecular weight excluding hydrogens is 404 g/mol. The number of rotatable bonds is 9. The fourth-order valence-electron chi connectivity index (χ4n) is 4.14. The Morgan fingerprint density at radius 3 is 2.55 bits per heavy atom. The summed E-state index contributed by atoms with van der Waals surface area (Å²) in [6.45, 7) is 8.52. The summed E-state index contributed by atoms with van der Waals surface area (Å²) in [5.74, 6) is 0.955. The van der Waals surface area contributed by atoms with Crippen molar-refractivity contribution in [1.82, 2.24) is 0 Å². The first-order chi connectivity index (χ1) is 15.0. The first kappa shape index (κ1) is 23.4. The number of nitrogens with zero attached hydrogens (tertiary/aromatic N) is 1. The Labute approximate surface area is 190 Å². The van der Waals surface area contributed by atoms with Gasteiger partial charge in [-0.1, -0.05) is 76.9 Å². The van der Waals surface area contributed by atoms with E-state index >= 15 is 0 Å². The molecule has 2 amide bonds. The normalized spacial score (nSPS) is 17.3. The number of amides is 2. The van der Waals surface area contributed by atoms with E-state index in [1.54, 1.807) is 11.8 Å². The van der Waals surface area contributed by atoms with Crippen molar-refractivity contribution in [1.29, 1.82) is 0 Å². The highest BCUT2D eigenvalue weighted by atomic mass is 32.2. The Hall–Kier alpha value is -2.27. The minimum Gasteiger partial charge on any atom is -0.325 e. The van der Waals surface area contributed by atoms with Crippen LogP contribution in [0.1, 0.15) is 75.8 Å². The second-order valence-corrected chi connectivity index (χ2v) is 9.53. The van der Waals surface area contributed by atoms with Crippen LogP contribution in [0.15, 0.2) is 48.5 Å². The molecule has 1 aliphatic heterocycles. The zero-order chi connectivity index (χ0) is 22.4. The number of carbonyl (C=O) groups excluding carboxylic acids is 2. The predicted octanol–water partition coefficient (Wildman–Crippen LogP) is 6.74. The van der Waals surface area contributed by atoms with Crippen LogP contribution in [0, 0.1) is 5.92 Å². The lowest BCUT2D eigenvalue weighted by Gasteiger charge is -2.29. The minimum absolute atomic E-state index is 0.0173. The van der Waals surface area contributed by atoms with Gasteiger partial charge in [0.25, 0.3) is 0 Å². The van der Waals surface area contributed by atoms with Crippen LogP contribution in [-0.4, -0.2) is 17.6 Å². The van der Waals surface area contributed by atoms with Crippen molar-refractivity contribution >= 4 is 35.0 Å². The number of benzene rings is 2. The molecule has 1 fully saturated rings. The highest BCUT2D eigenvalue weighted by Gasteiger charge is 2.36. The van der Waals surface area contributed by atoms with E-state index in [4.69, 9.17) is 0 Å². The molecule has 166 valence electrons. The third kappa shape index (κ3) is 5.32. The van der Waals surface area contributed by atoms with Gasteiger partial charge >= 0.3 is 0 Å². The molecule has 2 aromatic carbocycles. The van der Waals surface area contributed by atoms with Crippen LogP contribution in [0.3, 0.4) is 0 Å². The zero-order valence-electron chi connectivity index (χ0n) is 19.1. The van der Waals surface area contributed by atoms with Crippen LogP contribution in [0.25, 0.3) is 0 Å². The van der Waals surface area contributed by atoms with E-state index in [9.17, 15) is 9.59 Å². The third-order valence-corrected chi connectivity index (χ3v) is 7.13. The molecule has 0 bridgehead atoms. The molecule has 3 rings (SSSR count). The van der Waals surface area contributed by atoms with Crippen molar-refractivity contribution in [3.63, 3.8) is 0 Å². The highest BCUT2D eigenvalue weighted by molar-refractivity contribution is 8.00. The predicted molar refractivity (Wildman–Crippen MR) is 132 cm³/mol. The Balaban J connectivity index is 1.92. The van der Waals surface area contributed by atoms with Crippen LogP contribution in [-0.2, 0) is 9.59 Å². The molecule has 5 heteroatoms. The Morgan fingerprint density at radius 2 is 1.84 bits per heavy atom. The van der Waals surface area contributed by atoms with Gasteiger partial charge in [0.1, 0.15) is 5.37 Å². The monoisotopic (exact) mass is 438 g/mol. The largest absolute Gasteiger partial charge is 0.325 e. The maximum Gasteiger partial charge on any atom is 0.238 e. The van der Waals surface area contributed by atoms with E-state index in [1.165, 1.54) is 0 Å². The summed E-state index contributed by atoms with van der Waals surface area (Å²) in [7, 11) is 0. The number of carbonyl (C=O) groups is 2. The molecule has 1 N–H and O–H groups in total. The van der Waals surface area contributed by atoms with Crippen molar-refractivity contribution < 1.29 is 9.59 Å². The first-order valence-electron chi connectivity index (χ1n) is 11.4. The second kappa shape index (κ2) is 10.9. The maximum atomic E-state index is 13.0. The molecule has 0 saturated carbocycles. The SMILES string of the molecule is CCCCC(CC)C(=O)Nc1ccccc1C1SCC(=O)N1c1ccccc1C(C)C. The van der Waals surface area contributed by atoms with Crippen molar-refractivity contribution in [3.05, 3.63) is 59.7 Å². The van der Waals surface area contributed by atoms with E-state index in [1.807, 2.05) is 47.4 Å². The van der Waals surface area contributed by atoms with E-state index < -0.39 is 0 Å².